The largest absolute Gasteiger partial charge is 0.399 e. The molecule has 90 valence electrons. The Morgan fingerprint density at radius 1 is 1.53 bits per heavy atom. The first-order valence-corrected chi connectivity index (χ1v) is 7.52. The van der Waals surface area contributed by atoms with Gasteiger partial charge in [-0.2, -0.15) is 0 Å². The number of anilines is 1. The van der Waals surface area contributed by atoms with Gasteiger partial charge < -0.3 is 10.5 Å². The van der Waals surface area contributed by atoms with Gasteiger partial charge in [0.05, 0.1) is 16.3 Å². The second-order valence-electron chi connectivity index (χ2n) is 4.15. The highest BCUT2D eigenvalue weighted by molar-refractivity contribution is 8.01. The molecule has 0 spiro atoms. The van der Waals surface area contributed by atoms with Crippen LogP contribution < -0.4 is 5.73 Å². The number of aromatic nitrogens is 1. The molecule has 1 saturated heterocycles. The number of ether oxygens (including phenoxy) is 1. The summed E-state index contributed by atoms with van der Waals surface area (Å²) in [6.07, 6.45) is 2.80. The summed E-state index contributed by atoms with van der Waals surface area (Å²) in [5.41, 5.74) is 7.60. The van der Waals surface area contributed by atoms with Crippen LogP contribution >= 0.6 is 23.1 Å². The van der Waals surface area contributed by atoms with Crippen molar-refractivity contribution in [3.63, 3.8) is 0 Å². The van der Waals surface area contributed by atoms with Crippen LogP contribution in [0.3, 0.4) is 0 Å². The molecule has 3 nitrogen and oxygen atoms in total. The molecule has 0 radical (unpaired) electrons. The van der Waals surface area contributed by atoms with Crippen LogP contribution in [-0.4, -0.2) is 23.4 Å². The van der Waals surface area contributed by atoms with E-state index in [1.165, 1.54) is 17.5 Å². The maximum atomic E-state index is 5.76. The molecule has 1 aliphatic rings. The average molecular weight is 266 g/mol. The monoisotopic (exact) mass is 266 g/mol. The molecule has 1 aromatic carbocycles. The molecule has 3 rings (SSSR count). The van der Waals surface area contributed by atoms with Crippen molar-refractivity contribution in [3.8, 4) is 0 Å². The molecule has 0 saturated carbocycles. The van der Waals surface area contributed by atoms with Crippen LogP contribution in [0.25, 0.3) is 10.2 Å². The van der Waals surface area contributed by atoms with Gasteiger partial charge in [0.1, 0.15) is 0 Å². The first kappa shape index (κ1) is 11.3. The van der Waals surface area contributed by atoms with Crippen molar-refractivity contribution < 1.29 is 4.74 Å². The van der Waals surface area contributed by atoms with Gasteiger partial charge in [-0.1, -0.05) is 11.8 Å². The highest BCUT2D eigenvalue weighted by atomic mass is 32.2. The summed E-state index contributed by atoms with van der Waals surface area (Å²) in [5.74, 6) is 1.01. The Hall–Kier alpha value is -0.780. The SMILES string of the molecule is Nc1ccc2nc(SCC3CCCO3)sc2c1. The molecule has 0 amide bonds. The molecule has 0 bridgehead atoms. The fourth-order valence-electron chi connectivity index (χ4n) is 1.92. The summed E-state index contributed by atoms with van der Waals surface area (Å²) < 4.78 is 7.88. The van der Waals surface area contributed by atoms with Crippen LogP contribution in [0.15, 0.2) is 22.5 Å². The zero-order valence-corrected chi connectivity index (χ0v) is 11.0. The minimum Gasteiger partial charge on any atom is -0.399 e. The van der Waals surface area contributed by atoms with Crippen molar-refractivity contribution in [2.24, 2.45) is 0 Å². The summed E-state index contributed by atoms with van der Waals surface area (Å²) in [6, 6.07) is 5.87. The topological polar surface area (TPSA) is 48.1 Å². The third kappa shape index (κ3) is 2.56. The number of nitrogen functional groups attached to an aromatic ring is 1. The standard InChI is InChI=1S/C12H14N2OS2/c13-8-3-4-10-11(6-8)17-12(14-10)16-7-9-2-1-5-15-9/h3-4,6,9H,1-2,5,7,13H2. The van der Waals surface area contributed by atoms with Crippen molar-refractivity contribution in [2.45, 2.75) is 23.3 Å². The van der Waals surface area contributed by atoms with Gasteiger partial charge in [-0.25, -0.2) is 4.98 Å². The normalized spacial score (nSPS) is 20.1. The van der Waals surface area contributed by atoms with Crippen molar-refractivity contribution in [3.05, 3.63) is 18.2 Å². The molecular formula is C12H14N2OS2. The maximum absolute atomic E-state index is 5.76. The summed E-state index contributed by atoms with van der Waals surface area (Å²) in [5, 5.41) is 0. The van der Waals surface area contributed by atoms with Crippen LogP contribution in [0, 0.1) is 0 Å². The molecule has 5 heteroatoms. The summed E-state index contributed by atoms with van der Waals surface area (Å²) in [4.78, 5) is 4.59. The first-order chi connectivity index (χ1) is 8.31. The lowest BCUT2D eigenvalue weighted by Gasteiger charge is -2.05. The lowest BCUT2D eigenvalue weighted by Crippen LogP contribution is -2.07. The number of thioether (sulfide) groups is 1. The van der Waals surface area contributed by atoms with Gasteiger partial charge in [0.15, 0.2) is 4.34 Å². The highest BCUT2D eigenvalue weighted by Gasteiger charge is 2.16. The number of thiazole rings is 1. The number of benzene rings is 1. The van der Waals surface area contributed by atoms with Crippen molar-refractivity contribution >= 4 is 39.0 Å². The Balaban J connectivity index is 1.72. The zero-order chi connectivity index (χ0) is 11.7. The van der Waals surface area contributed by atoms with Gasteiger partial charge in [0.2, 0.25) is 0 Å². The van der Waals surface area contributed by atoms with E-state index >= 15 is 0 Å². The van der Waals surface area contributed by atoms with Gasteiger partial charge in [0, 0.05) is 18.0 Å². The second kappa shape index (κ2) is 4.84. The van der Waals surface area contributed by atoms with E-state index < -0.39 is 0 Å². The second-order valence-corrected chi connectivity index (χ2v) is 6.45. The summed E-state index contributed by atoms with van der Waals surface area (Å²) in [6.45, 7) is 0.918. The van der Waals surface area contributed by atoms with Crippen LogP contribution in [0.1, 0.15) is 12.8 Å². The van der Waals surface area contributed by atoms with Crippen molar-refractivity contribution in [1.82, 2.24) is 4.98 Å². The maximum Gasteiger partial charge on any atom is 0.151 e. The quantitative estimate of drug-likeness (QED) is 0.685. The van der Waals surface area contributed by atoms with E-state index in [9.17, 15) is 0 Å². The van der Waals surface area contributed by atoms with Crippen LogP contribution in [-0.2, 0) is 4.74 Å². The molecule has 1 aromatic heterocycles. The van der Waals surface area contributed by atoms with E-state index in [0.717, 1.165) is 27.9 Å². The number of nitrogens with two attached hydrogens (primary N) is 1. The van der Waals surface area contributed by atoms with Gasteiger partial charge in [0.25, 0.3) is 0 Å². The minimum absolute atomic E-state index is 0.414. The van der Waals surface area contributed by atoms with E-state index in [0.29, 0.717) is 6.10 Å². The lowest BCUT2D eigenvalue weighted by molar-refractivity contribution is 0.129. The van der Waals surface area contributed by atoms with E-state index in [-0.39, 0.29) is 0 Å². The summed E-state index contributed by atoms with van der Waals surface area (Å²) >= 11 is 3.50. The number of nitrogens with zero attached hydrogens (tertiary/aromatic N) is 1. The molecule has 1 unspecified atom stereocenters. The van der Waals surface area contributed by atoms with Crippen LogP contribution in [0.2, 0.25) is 0 Å². The molecule has 1 aliphatic heterocycles. The third-order valence-corrected chi connectivity index (χ3v) is 5.10. The molecule has 2 heterocycles. The molecule has 17 heavy (non-hydrogen) atoms. The van der Waals surface area contributed by atoms with Gasteiger partial charge in [-0.05, 0) is 31.0 Å². The smallest absolute Gasteiger partial charge is 0.151 e. The summed E-state index contributed by atoms with van der Waals surface area (Å²) in [7, 11) is 0. The lowest BCUT2D eigenvalue weighted by atomic mass is 10.3. The van der Waals surface area contributed by atoms with Crippen LogP contribution in [0.5, 0.6) is 0 Å². The minimum atomic E-state index is 0.414. The van der Waals surface area contributed by atoms with Gasteiger partial charge in [-0.3, -0.25) is 0 Å². The molecule has 2 N–H and O–H groups in total. The predicted molar refractivity (Wildman–Crippen MR) is 73.7 cm³/mol. The Kier molecular flexibility index (Phi) is 3.22. The zero-order valence-electron chi connectivity index (χ0n) is 9.39. The Labute approximate surface area is 108 Å². The third-order valence-electron chi connectivity index (χ3n) is 2.81. The molecule has 1 atom stereocenters. The Morgan fingerprint density at radius 2 is 2.47 bits per heavy atom. The number of rotatable bonds is 3. The van der Waals surface area contributed by atoms with E-state index in [1.54, 1.807) is 23.1 Å². The molecular weight excluding hydrogens is 252 g/mol. The first-order valence-electron chi connectivity index (χ1n) is 5.72. The van der Waals surface area contributed by atoms with Crippen LogP contribution in [0.4, 0.5) is 5.69 Å². The van der Waals surface area contributed by atoms with Crippen molar-refractivity contribution in [1.29, 1.82) is 0 Å². The van der Waals surface area contributed by atoms with E-state index in [1.807, 2.05) is 18.2 Å². The van der Waals surface area contributed by atoms with Gasteiger partial charge in [-0.15, -0.1) is 11.3 Å². The predicted octanol–water partition coefficient (Wildman–Crippen LogP) is 3.15. The molecule has 2 aromatic rings. The Bertz CT molecular complexity index is 520. The van der Waals surface area contributed by atoms with Crippen molar-refractivity contribution in [2.75, 3.05) is 18.1 Å². The van der Waals surface area contributed by atoms with Gasteiger partial charge >= 0.3 is 0 Å². The average Bonchev–Trinajstić information content (AvgIpc) is 2.94. The highest BCUT2D eigenvalue weighted by Crippen LogP contribution is 2.32. The number of hydrogen-bond acceptors (Lipinski definition) is 5. The van der Waals surface area contributed by atoms with E-state index in [2.05, 4.69) is 4.98 Å². The molecule has 0 aliphatic carbocycles. The number of hydrogen-bond donors (Lipinski definition) is 1. The fourth-order valence-corrected chi connectivity index (χ4v) is 4.13. The number of fused-ring (bicyclic) bond motifs is 1. The molecule has 1 fully saturated rings. The Morgan fingerprint density at radius 3 is 3.29 bits per heavy atom. The van der Waals surface area contributed by atoms with E-state index in [4.69, 9.17) is 10.5 Å². The fraction of sp³-hybridized carbons (Fsp3) is 0.417.